The van der Waals surface area contributed by atoms with Gasteiger partial charge in [-0.1, -0.05) is 25.5 Å². The third-order valence-electron chi connectivity index (χ3n) is 1.65. The summed E-state index contributed by atoms with van der Waals surface area (Å²) in [7, 11) is 0. The first kappa shape index (κ1) is 12.7. The van der Waals surface area contributed by atoms with Gasteiger partial charge in [-0.25, -0.2) is 0 Å². The molecule has 0 aliphatic rings. The predicted molar refractivity (Wildman–Crippen MR) is 58.0 cm³/mol. The van der Waals surface area contributed by atoms with Crippen LogP contribution in [0.3, 0.4) is 0 Å². The maximum Gasteiger partial charge on any atom is 0.0655 e. The Morgan fingerprint density at radius 2 is 2.08 bits per heavy atom. The third kappa shape index (κ3) is 8.00. The molecule has 0 aromatic heterocycles. The average Bonchev–Trinajstić information content (AvgIpc) is 2.04. The number of allylic oxidation sites excluding steroid dienone is 1. The molecule has 0 fully saturated rings. The van der Waals surface area contributed by atoms with Crippen LogP contribution in [0.2, 0.25) is 0 Å². The van der Waals surface area contributed by atoms with Crippen molar-refractivity contribution >= 4 is 0 Å². The van der Waals surface area contributed by atoms with Crippen molar-refractivity contribution in [2.24, 2.45) is 0 Å². The summed E-state index contributed by atoms with van der Waals surface area (Å²) in [4.78, 5) is 0. The van der Waals surface area contributed by atoms with Crippen molar-refractivity contribution in [2.75, 3.05) is 19.8 Å². The lowest BCUT2D eigenvalue weighted by molar-refractivity contribution is 0.122. The van der Waals surface area contributed by atoms with Crippen LogP contribution in [-0.4, -0.2) is 25.8 Å². The number of hydrogen-bond donors (Lipinski definition) is 1. The van der Waals surface area contributed by atoms with Crippen molar-refractivity contribution in [2.45, 2.75) is 40.2 Å². The van der Waals surface area contributed by atoms with Gasteiger partial charge < -0.3 is 10.1 Å². The van der Waals surface area contributed by atoms with E-state index in [1.165, 1.54) is 5.57 Å². The summed E-state index contributed by atoms with van der Waals surface area (Å²) >= 11 is 0. The highest BCUT2D eigenvalue weighted by Crippen LogP contribution is 1.96. The fraction of sp³-hybridized carbons (Fsp3) is 0.818. The molecule has 0 aromatic rings. The van der Waals surface area contributed by atoms with Crippen LogP contribution in [0.25, 0.3) is 0 Å². The normalized spacial score (nSPS) is 12.6. The summed E-state index contributed by atoms with van der Waals surface area (Å²) in [5.41, 5.74) is 1.34. The van der Waals surface area contributed by atoms with E-state index in [2.05, 4.69) is 39.1 Å². The Morgan fingerprint density at radius 1 is 1.38 bits per heavy atom. The van der Waals surface area contributed by atoms with Crippen LogP contribution in [-0.2, 0) is 4.74 Å². The molecular weight excluding hydrogens is 162 g/mol. The second-order valence-electron chi connectivity index (χ2n) is 3.48. The Bertz CT molecular complexity index is 139. The van der Waals surface area contributed by atoms with Gasteiger partial charge in [0, 0.05) is 12.6 Å². The highest BCUT2D eigenvalue weighted by Gasteiger charge is 2.02. The van der Waals surface area contributed by atoms with Gasteiger partial charge in [-0.3, -0.25) is 0 Å². The van der Waals surface area contributed by atoms with Gasteiger partial charge in [-0.05, 0) is 26.8 Å². The average molecular weight is 185 g/mol. The Hall–Kier alpha value is -0.340. The zero-order valence-electron chi connectivity index (χ0n) is 9.39. The number of hydrogen-bond acceptors (Lipinski definition) is 2. The van der Waals surface area contributed by atoms with Gasteiger partial charge in [0.05, 0.1) is 6.61 Å². The summed E-state index contributed by atoms with van der Waals surface area (Å²) in [6.45, 7) is 11.1. The van der Waals surface area contributed by atoms with Crippen LogP contribution < -0.4 is 5.32 Å². The molecule has 2 heteroatoms. The van der Waals surface area contributed by atoms with Crippen LogP contribution in [0.4, 0.5) is 0 Å². The molecule has 0 rings (SSSR count). The van der Waals surface area contributed by atoms with Crippen LogP contribution in [0.5, 0.6) is 0 Å². The molecule has 0 radical (unpaired) electrons. The van der Waals surface area contributed by atoms with E-state index >= 15 is 0 Å². The summed E-state index contributed by atoms with van der Waals surface area (Å²) in [5.74, 6) is 0. The second-order valence-corrected chi connectivity index (χ2v) is 3.48. The lowest BCUT2D eigenvalue weighted by atomic mass is 10.2. The third-order valence-corrected chi connectivity index (χ3v) is 1.65. The van der Waals surface area contributed by atoms with Gasteiger partial charge in [0.2, 0.25) is 0 Å². The van der Waals surface area contributed by atoms with E-state index in [0.717, 1.165) is 26.2 Å². The van der Waals surface area contributed by atoms with Gasteiger partial charge >= 0.3 is 0 Å². The standard InChI is InChI=1S/C11H23NO/c1-5-7-13-9-11(12-6-2)8-10(3)4/h8,11-12H,5-7,9H2,1-4H3. The van der Waals surface area contributed by atoms with E-state index < -0.39 is 0 Å². The number of rotatable bonds is 7. The molecule has 0 spiro atoms. The number of nitrogens with one attached hydrogen (secondary N) is 1. The molecule has 0 aromatic carbocycles. The number of ether oxygens (including phenoxy) is 1. The van der Waals surface area contributed by atoms with Crippen molar-refractivity contribution in [3.8, 4) is 0 Å². The number of likely N-dealkylation sites (N-methyl/N-ethyl adjacent to an activating group) is 1. The van der Waals surface area contributed by atoms with Gasteiger partial charge in [0.1, 0.15) is 0 Å². The van der Waals surface area contributed by atoms with Crippen molar-refractivity contribution in [3.63, 3.8) is 0 Å². The molecule has 78 valence electrons. The molecule has 2 nitrogen and oxygen atoms in total. The second kappa shape index (κ2) is 8.27. The molecule has 0 saturated carbocycles. The van der Waals surface area contributed by atoms with Crippen LogP contribution in [0.15, 0.2) is 11.6 Å². The van der Waals surface area contributed by atoms with Gasteiger partial charge in [0.15, 0.2) is 0 Å². The monoisotopic (exact) mass is 185 g/mol. The Labute approximate surface area is 82.4 Å². The maximum atomic E-state index is 5.49. The van der Waals surface area contributed by atoms with E-state index in [-0.39, 0.29) is 0 Å². The van der Waals surface area contributed by atoms with E-state index in [9.17, 15) is 0 Å². The smallest absolute Gasteiger partial charge is 0.0655 e. The minimum Gasteiger partial charge on any atom is -0.380 e. The molecule has 0 bridgehead atoms. The van der Waals surface area contributed by atoms with Gasteiger partial charge in [0.25, 0.3) is 0 Å². The highest BCUT2D eigenvalue weighted by atomic mass is 16.5. The molecular formula is C11H23NO. The minimum atomic E-state index is 0.376. The van der Waals surface area contributed by atoms with E-state index in [1.807, 2.05) is 0 Å². The van der Waals surface area contributed by atoms with E-state index in [4.69, 9.17) is 4.74 Å². The largest absolute Gasteiger partial charge is 0.380 e. The fourth-order valence-corrected chi connectivity index (χ4v) is 1.19. The maximum absolute atomic E-state index is 5.49. The molecule has 1 N–H and O–H groups in total. The summed E-state index contributed by atoms with van der Waals surface area (Å²) in [5, 5.41) is 3.37. The predicted octanol–water partition coefficient (Wildman–Crippen LogP) is 2.36. The lowest BCUT2D eigenvalue weighted by Crippen LogP contribution is -2.31. The van der Waals surface area contributed by atoms with Gasteiger partial charge in [-0.15, -0.1) is 0 Å². The van der Waals surface area contributed by atoms with Crippen molar-refractivity contribution in [1.29, 1.82) is 0 Å². The van der Waals surface area contributed by atoms with Crippen molar-refractivity contribution in [1.82, 2.24) is 5.32 Å². The molecule has 13 heavy (non-hydrogen) atoms. The molecule has 1 atom stereocenters. The van der Waals surface area contributed by atoms with Crippen molar-refractivity contribution < 1.29 is 4.74 Å². The molecule has 0 aliphatic heterocycles. The quantitative estimate of drug-likeness (QED) is 0.485. The zero-order valence-corrected chi connectivity index (χ0v) is 9.39. The van der Waals surface area contributed by atoms with E-state index in [0.29, 0.717) is 6.04 Å². The SMILES string of the molecule is CCCOCC(C=C(C)C)NCC. The van der Waals surface area contributed by atoms with Crippen molar-refractivity contribution in [3.05, 3.63) is 11.6 Å². The first-order valence-corrected chi connectivity index (χ1v) is 5.16. The summed E-state index contributed by atoms with van der Waals surface area (Å²) in [6.07, 6.45) is 3.31. The molecule has 0 aliphatic carbocycles. The molecule has 0 saturated heterocycles. The summed E-state index contributed by atoms with van der Waals surface area (Å²) in [6, 6.07) is 0.376. The first-order chi connectivity index (χ1) is 6.20. The van der Waals surface area contributed by atoms with Crippen LogP contribution in [0, 0.1) is 0 Å². The van der Waals surface area contributed by atoms with Crippen LogP contribution >= 0.6 is 0 Å². The Kier molecular flexibility index (Phi) is 8.05. The topological polar surface area (TPSA) is 21.3 Å². The lowest BCUT2D eigenvalue weighted by Gasteiger charge is -2.14. The van der Waals surface area contributed by atoms with Gasteiger partial charge in [-0.2, -0.15) is 0 Å². The van der Waals surface area contributed by atoms with E-state index in [1.54, 1.807) is 0 Å². The first-order valence-electron chi connectivity index (χ1n) is 5.16. The zero-order chi connectivity index (χ0) is 10.1. The summed E-state index contributed by atoms with van der Waals surface area (Å²) < 4.78 is 5.49. The molecule has 1 unspecified atom stereocenters. The highest BCUT2D eigenvalue weighted by molar-refractivity contribution is 5.00. The Balaban J connectivity index is 3.73. The molecule has 0 amide bonds. The Morgan fingerprint density at radius 3 is 2.54 bits per heavy atom. The minimum absolute atomic E-state index is 0.376. The fourth-order valence-electron chi connectivity index (χ4n) is 1.19. The van der Waals surface area contributed by atoms with Crippen LogP contribution in [0.1, 0.15) is 34.1 Å². The molecule has 0 heterocycles.